The van der Waals surface area contributed by atoms with Crippen molar-refractivity contribution in [3.63, 3.8) is 0 Å². The summed E-state index contributed by atoms with van der Waals surface area (Å²) in [4.78, 5) is 38.3. The molecule has 6 heteroatoms. The summed E-state index contributed by atoms with van der Waals surface area (Å²) >= 11 is 0. The molecule has 81 heavy (non-hydrogen) atoms. The van der Waals surface area contributed by atoms with Crippen molar-refractivity contribution in [3.8, 4) is 0 Å². The first-order valence-electron chi connectivity index (χ1n) is 34.4. The Hall–Kier alpha value is -3.93. The molecule has 0 aliphatic heterocycles. The fourth-order valence-corrected chi connectivity index (χ4v) is 9.64. The monoisotopic (exact) mass is 1120 g/mol. The lowest BCUT2D eigenvalue weighted by Gasteiger charge is -2.18. The molecule has 0 fully saturated rings. The predicted octanol–water partition coefficient (Wildman–Crippen LogP) is 23.8. The summed E-state index contributed by atoms with van der Waals surface area (Å²) in [7, 11) is 0. The van der Waals surface area contributed by atoms with E-state index in [1.807, 2.05) is 0 Å². The van der Waals surface area contributed by atoms with Crippen molar-refractivity contribution in [2.24, 2.45) is 0 Å². The van der Waals surface area contributed by atoms with Gasteiger partial charge >= 0.3 is 17.9 Å². The summed E-state index contributed by atoms with van der Waals surface area (Å²) < 4.78 is 16.9. The minimum Gasteiger partial charge on any atom is -0.462 e. The number of allylic oxidation sites excluding steroid dienone is 18. The van der Waals surface area contributed by atoms with E-state index in [4.69, 9.17) is 14.2 Å². The van der Waals surface area contributed by atoms with Crippen LogP contribution in [0.2, 0.25) is 0 Å². The maximum atomic E-state index is 12.9. The lowest BCUT2D eigenvalue weighted by atomic mass is 10.0. The fourth-order valence-electron chi connectivity index (χ4n) is 9.64. The molecule has 0 saturated heterocycles. The first-order valence-corrected chi connectivity index (χ1v) is 34.4. The Morgan fingerprint density at radius 2 is 0.481 bits per heavy atom. The summed E-state index contributed by atoms with van der Waals surface area (Å²) in [6.07, 6.45) is 94.1. The zero-order valence-electron chi connectivity index (χ0n) is 53.3. The van der Waals surface area contributed by atoms with Gasteiger partial charge in [0.1, 0.15) is 13.2 Å². The molecule has 0 aromatic heterocycles. The average molecular weight is 1130 g/mol. The van der Waals surface area contributed by atoms with E-state index in [0.717, 1.165) is 122 Å². The van der Waals surface area contributed by atoms with Crippen LogP contribution in [0.3, 0.4) is 0 Å². The van der Waals surface area contributed by atoms with Gasteiger partial charge in [0.25, 0.3) is 0 Å². The highest BCUT2D eigenvalue weighted by atomic mass is 16.6. The van der Waals surface area contributed by atoms with Gasteiger partial charge in [0.05, 0.1) is 0 Å². The van der Waals surface area contributed by atoms with E-state index in [9.17, 15) is 14.4 Å². The lowest BCUT2D eigenvalue weighted by Crippen LogP contribution is -2.30. The van der Waals surface area contributed by atoms with Gasteiger partial charge in [-0.2, -0.15) is 0 Å². The van der Waals surface area contributed by atoms with Crippen LogP contribution in [0.25, 0.3) is 0 Å². The zero-order chi connectivity index (χ0) is 58.5. The SMILES string of the molecule is CC/C=C\C/C=C\C/C=C\C/C=C\CCCCCCCCCCCCCCCCCCCCC(=O)OCC(COC(=O)CCCCCCC/C=C\CCCC)OC(=O)CCCCCCCCCC/C=C\C/C=C\C/C=C\C/C=C\CC. The second-order valence-electron chi connectivity index (χ2n) is 22.7. The maximum Gasteiger partial charge on any atom is 0.306 e. The van der Waals surface area contributed by atoms with E-state index in [0.29, 0.717) is 19.3 Å². The molecule has 0 amide bonds. The molecule has 0 spiro atoms. The standard InChI is InChI=1S/C75H128O6/c1-4-7-10-13-16-19-22-24-26-28-30-32-33-34-35-36-37-38-39-40-41-43-44-46-48-50-53-56-59-62-65-68-74(77)80-71-72(70-79-73(76)67-64-61-58-55-52-21-18-15-12-9-6-3)81-75(78)69-66-63-60-57-54-51-49-47-45-42-31-29-27-25-23-20-17-14-11-8-5-2/h7-8,10-11,15-20,24-27,30-32,42,72H,4-6,9,12-14,21-23,28-29,33-41,43-71H2,1-3H3/b10-7-,11-8-,18-15-,19-16-,20-17-,26-24-,27-25-,32-30-,42-31-. The third kappa shape index (κ3) is 66.8. The molecule has 1 unspecified atom stereocenters. The second-order valence-corrected chi connectivity index (χ2v) is 22.7. The van der Waals surface area contributed by atoms with E-state index in [1.165, 1.54) is 167 Å². The Balaban J connectivity index is 4.19. The van der Waals surface area contributed by atoms with E-state index in [-0.39, 0.29) is 31.1 Å². The molecule has 0 aromatic rings. The molecular weight excluding hydrogens is 997 g/mol. The molecule has 0 bridgehead atoms. The van der Waals surface area contributed by atoms with E-state index < -0.39 is 6.10 Å². The molecule has 0 heterocycles. The topological polar surface area (TPSA) is 78.9 Å². The Bertz CT molecular complexity index is 1620. The van der Waals surface area contributed by atoms with Crippen LogP contribution in [-0.4, -0.2) is 37.2 Å². The Morgan fingerprint density at radius 3 is 0.765 bits per heavy atom. The van der Waals surface area contributed by atoms with Crippen LogP contribution in [0.15, 0.2) is 109 Å². The zero-order valence-corrected chi connectivity index (χ0v) is 53.3. The minimum absolute atomic E-state index is 0.0817. The smallest absolute Gasteiger partial charge is 0.306 e. The maximum absolute atomic E-state index is 12.9. The van der Waals surface area contributed by atoms with Gasteiger partial charge in [-0.25, -0.2) is 0 Å². The first-order chi connectivity index (χ1) is 40.0. The normalized spacial score (nSPS) is 12.8. The number of ether oxygens (including phenoxy) is 3. The molecule has 1 atom stereocenters. The first kappa shape index (κ1) is 77.1. The van der Waals surface area contributed by atoms with Gasteiger partial charge in [0.15, 0.2) is 6.10 Å². The Labute approximate surface area is 501 Å². The Kier molecular flexibility index (Phi) is 65.2. The van der Waals surface area contributed by atoms with Gasteiger partial charge in [0.2, 0.25) is 0 Å². The molecule has 0 rings (SSSR count). The number of unbranched alkanes of at least 4 members (excludes halogenated alkanes) is 33. The average Bonchev–Trinajstić information content (AvgIpc) is 3.47. The van der Waals surface area contributed by atoms with Crippen molar-refractivity contribution >= 4 is 17.9 Å². The van der Waals surface area contributed by atoms with E-state index in [2.05, 4.69) is 130 Å². The summed E-state index contributed by atoms with van der Waals surface area (Å²) in [5, 5.41) is 0. The molecule has 464 valence electrons. The Morgan fingerprint density at radius 1 is 0.259 bits per heavy atom. The fraction of sp³-hybridized carbons (Fsp3) is 0.720. The molecule has 0 radical (unpaired) electrons. The molecule has 0 N–H and O–H groups in total. The number of esters is 3. The van der Waals surface area contributed by atoms with Crippen molar-refractivity contribution in [3.05, 3.63) is 109 Å². The third-order valence-electron chi connectivity index (χ3n) is 14.7. The summed E-state index contributed by atoms with van der Waals surface area (Å²) in [6.45, 7) is 6.39. The molecule has 0 aromatic carbocycles. The van der Waals surface area contributed by atoms with Gasteiger partial charge in [-0.3, -0.25) is 14.4 Å². The van der Waals surface area contributed by atoms with Crippen LogP contribution in [0.4, 0.5) is 0 Å². The highest BCUT2D eigenvalue weighted by Crippen LogP contribution is 2.17. The van der Waals surface area contributed by atoms with Crippen molar-refractivity contribution in [1.29, 1.82) is 0 Å². The largest absolute Gasteiger partial charge is 0.462 e. The number of carbonyl (C=O) groups is 3. The summed E-state index contributed by atoms with van der Waals surface area (Å²) in [6, 6.07) is 0. The van der Waals surface area contributed by atoms with Crippen molar-refractivity contribution in [1.82, 2.24) is 0 Å². The van der Waals surface area contributed by atoms with Crippen molar-refractivity contribution in [2.45, 2.75) is 335 Å². The lowest BCUT2D eigenvalue weighted by molar-refractivity contribution is -0.167. The van der Waals surface area contributed by atoms with Gasteiger partial charge in [0, 0.05) is 19.3 Å². The van der Waals surface area contributed by atoms with Gasteiger partial charge in [-0.1, -0.05) is 304 Å². The van der Waals surface area contributed by atoms with Crippen molar-refractivity contribution in [2.75, 3.05) is 13.2 Å². The van der Waals surface area contributed by atoms with Crippen LogP contribution in [0.1, 0.15) is 329 Å². The number of carbonyl (C=O) groups excluding carboxylic acids is 3. The molecular formula is C75H128O6. The van der Waals surface area contributed by atoms with Crippen LogP contribution in [0.5, 0.6) is 0 Å². The second kappa shape index (κ2) is 68.6. The van der Waals surface area contributed by atoms with Crippen molar-refractivity contribution < 1.29 is 28.6 Å². The van der Waals surface area contributed by atoms with E-state index >= 15 is 0 Å². The van der Waals surface area contributed by atoms with Crippen LogP contribution >= 0.6 is 0 Å². The highest BCUT2D eigenvalue weighted by molar-refractivity contribution is 5.71. The van der Waals surface area contributed by atoms with E-state index in [1.54, 1.807) is 0 Å². The molecule has 0 aliphatic carbocycles. The minimum atomic E-state index is -0.786. The summed E-state index contributed by atoms with van der Waals surface area (Å²) in [5.41, 5.74) is 0. The van der Waals surface area contributed by atoms with Crippen LogP contribution in [0, 0.1) is 0 Å². The van der Waals surface area contributed by atoms with Gasteiger partial charge in [-0.05, 0) is 116 Å². The molecule has 0 saturated carbocycles. The highest BCUT2D eigenvalue weighted by Gasteiger charge is 2.19. The number of rotatable bonds is 62. The summed E-state index contributed by atoms with van der Waals surface area (Å²) in [5.74, 6) is -0.888. The quantitative estimate of drug-likeness (QED) is 0.0261. The van der Waals surface area contributed by atoms with Crippen LogP contribution in [-0.2, 0) is 28.6 Å². The van der Waals surface area contributed by atoms with Gasteiger partial charge in [-0.15, -0.1) is 0 Å². The predicted molar refractivity (Wildman–Crippen MR) is 353 cm³/mol. The number of hydrogen-bond donors (Lipinski definition) is 0. The number of hydrogen-bond acceptors (Lipinski definition) is 6. The molecule has 0 aliphatic rings. The third-order valence-corrected chi connectivity index (χ3v) is 14.7. The molecule has 6 nitrogen and oxygen atoms in total. The van der Waals surface area contributed by atoms with Crippen LogP contribution < -0.4 is 0 Å². The van der Waals surface area contributed by atoms with Gasteiger partial charge < -0.3 is 14.2 Å².